The van der Waals surface area contributed by atoms with E-state index in [0.29, 0.717) is 16.5 Å². The zero-order valence-corrected chi connectivity index (χ0v) is 18.9. The van der Waals surface area contributed by atoms with Gasteiger partial charge in [-0.1, -0.05) is 20.8 Å². The minimum absolute atomic E-state index is 0.323. The van der Waals surface area contributed by atoms with Crippen molar-refractivity contribution in [1.29, 1.82) is 0 Å². The minimum atomic E-state index is 0.323. The van der Waals surface area contributed by atoms with Gasteiger partial charge in [0.1, 0.15) is 0 Å². The Morgan fingerprint density at radius 2 is 1.22 bits per heavy atom. The zero-order valence-electron chi connectivity index (χ0n) is 18.9. The van der Waals surface area contributed by atoms with Crippen LogP contribution < -0.4 is 0 Å². The summed E-state index contributed by atoms with van der Waals surface area (Å²) in [6, 6.07) is 0.789. The van der Waals surface area contributed by atoms with Crippen molar-refractivity contribution in [2.24, 2.45) is 23.2 Å². The first-order chi connectivity index (χ1) is 12.6. The molecule has 2 fully saturated rings. The molecule has 1 heterocycles. The van der Waals surface area contributed by atoms with Crippen LogP contribution in [-0.4, -0.2) is 22.0 Å². The second-order valence-electron chi connectivity index (χ2n) is 11.5. The average molecular weight is 368 g/mol. The van der Waals surface area contributed by atoms with E-state index in [1.54, 1.807) is 0 Å². The molecule has 0 aromatic heterocycles. The number of rotatable bonds is 0. The number of hydrogen-bond acceptors (Lipinski definition) is 1. The summed E-state index contributed by atoms with van der Waals surface area (Å²) in [5.41, 5.74) is 1.30. The Balaban J connectivity index is 0.000000156. The zero-order chi connectivity index (χ0) is 19.9. The van der Waals surface area contributed by atoms with Gasteiger partial charge in [-0.3, -0.25) is 4.90 Å². The van der Waals surface area contributed by atoms with Crippen LogP contribution in [-0.2, 0) is 0 Å². The Morgan fingerprint density at radius 1 is 0.741 bits per heavy atom. The molecular formula is C26H41N. The molecule has 1 aliphatic heterocycles. The largest absolute Gasteiger partial charge is 0.287 e. The summed E-state index contributed by atoms with van der Waals surface area (Å²) < 4.78 is 0. The average Bonchev–Trinajstić information content (AvgIpc) is 3.33. The first kappa shape index (κ1) is 20.8. The van der Waals surface area contributed by atoms with E-state index in [9.17, 15) is 0 Å². The summed E-state index contributed by atoms with van der Waals surface area (Å²) in [4.78, 5) is 2.68. The quantitative estimate of drug-likeness (QED) is 0.360. The van der Waals surface area contributed by atoms with E-state index < -0.39 is 0 Å². The van der Waals surface area contributed by atoms with E-state index in [4.69, 9.17) is 0 Å². The lowest BCUT2D eigenvalue weighted by Gasteiger charge is -2.25. The molecule has 4 aliphatic rings. The van der Waals surface area contributed by atoms with Crippen LogP contribution in [0.25, 0.3) is 0 Å². The molecule has 1 heteroatoms. The Hall–Kier alpha value is -0.920. The van der Waals surface area contributed by atoms with Crippen molar-refractivity contribution < 1.29 is 0 Å². The molecule has 3 aliphatic carbocycles. The molecule has 6 atom stereocenters. The third-order valence-corrected chi connectivity index (χ3v) is 7.32. The molecule has 27 heavy (non-hydrogen) atoms. The Morgan fingerprint density at radius 3 is 1.70 bits per heavy atom. The first-order valence-corrected chi connectivity index (χ1v) is 11.3. The monoisotopic (exact) mass is 367 g/mol. The van der Waals surface area contributed by atoms with Crippen molar-refractivity contribution in [2.45, 2.75) is 117 Å². The van der Waals surface area contributed by atoms with Gasteiger partial charge in [-0.2, -0.15) is 0 Å². The molecule has 4 rings (SSSR count). The molecule has 1 saturated carbocycles. The highest BCUT2D eigenvalue weighted by molar-refractivity contribution is 5.21. The lowest BCUT2D eigenvalue weighted by atomic mass is 9.87. The molecule has 1 saturated heterocycles. The fraction of sp³-hybridized carbons (Fsp3) is 0.846. The Labute approximate surface area is 169 Å². The van der Waals surface area contributed by atoms with Crippen LogP contribution in [0, 0.1) is 46.9 Å². The van der Waals surface area contributed by atoms with Crippen LogP contribution in [0.15, 0.2) is 0 Å². The second-order valence-corrected chi connectivity index (χ2v) is 11.5. The topological polar surface area (TPSA) is 3.01 Å². The van der Waals surface area contributed by atoms with Crippen LogP contribution in [0.2, 0.25) is 0 Å². The Bertz CT molecular complexity index is 635. The lowest BCUT2D eigenvalue weighted by molar-refractivity contribution is 0.235. The van der Waals surface area contributed by atoms with E-state index in [-0.39, 0.29) is 0 Å². The van der Waals surface area contributed by atoms with Crippen LogP contribution in [0.1, 0.15) is 99.8 Å². The molecule has 150 valence electrons. The maximum absolute atomic E-state index is 3.27. The van der Waals surface area contributed by atoms with Crippen molar-refractivity contribution >= 4 is 0 Å². The SMILES string of the molecule is CC(C)(C)C1[C@H]2CCC#CCC[C@@H]12.CC(C)(C)N1[C@@H]2CCC#CCC[C@@]21C. The maximum atomic E-state index is 3.27. The van der Waals surface area contributed by atoms with Crippen LogP contribution in [0.5, 0.6) is 0 Å². The summed E-state index contributed by atoms with van der Waals surface area (Å²) >= 11 is 0. The fourth-order valence-corrected chi connectivity index (χ4v) is 6.34. The third kappa shape index (κ3) is 4.57. The molecule has 1 nitrogen and oxygen atoms in total. The van der Waals surface area contributed by atoms with E-state index in [1.807, 2.05) is 0 Å². The van der Waals surface area contributed by atoms with Crippen molar-refractivity contribution in [2.75, 3.05) is 0 Å². The van der Waals surface area contributed by atoms with Crippen molar-refractivity contribution in [3.8, 4) is 23.7 Å². The molecule has 0 spiro atoms. The normalized spacial score (nSPS) is 39.7. The molecule has 0 bridgehead atoms. The molecule has 0 aromatic rings. The predicted molar refractivity (Wildman–Crippen MR) is 116 cm³/mol. The lowest BCUT2D eigenvalue weighted by Crippen LogP contribution is -2.31. The molecule has 0 radical (unpaired) electrons. The number of hydrogen-bond donors (Lipinski definition) is 0. The summed E-state index contributed by atoms with van der Waals surface area (Å²) in [5, 5.41) is 0. The van der Waals surface area contributed by atoms with Crippen LogP contribution in [0.3, 0.4) is 0 Å². The number of nitrogens with zero attached hydrogens (tertiary/aromatic N) is 1. The van der Waals surface area contributed by atoms with Gasteiger partial charge in [-0.05, 0) is 76.5 Å². The van der Waals surface area contributed by atoms with Crippen molar-refractivity contribution in [3.05, 3.63) is 0 Å². The van der Waals surface area contributed by atoms with Gasteiger partial charge in [0.05, 0.1) is 0 Å². The molecule has 0 amide bonds. The molecular weight excluding hydrogens is 326 g/mol. The molecule has 0 N–H and O–H groups in total. The molecule has 2 unspecified atom stereocenters. The van der Waals surface area contributed by atoms with Gasteiger partial charge >= 0.3 is 0 Å². The smallest absolute Gasteiger partial charge is 0.0355 e. The highest BCUT2D eigenvalue weighted by atomic mass is 15.4. The van der Waals surface area contributed by atoms with Crippen LogP contribution in [0.4, 0.5) is 0 Å². The molecule has 0 aromatic carbocycles. The van der Waals surface area contributed by atoms with Gasteiger partial charge in [-0.15, -0.1) is 23.7 Å². The predicted octanol–water partition coefficient (Wildman–Crippen LogP) is 6.28. The summed E-state index contributed by atoms with van der Waals surface area (Å²) in [6.07, 6.45) is 9.70. The fourth-order valence-electron chi connectivity index (χ4n) is 6.34. The van der Waals surface area contributed by atoms with Crippen molar-refractivity contribution in [1.82, 2.24) is 4.90 Å². The van der Waals surface area contributed by atoms with E-state index >= 15 is 0 Å². The van der Waals surface area contributed by atoms with E-state index in [0.717, 1.165) is 49.5 Å². The summed E-state index contributed by atoms with van der Waals surface area (Å²) in [6.45, 7) is 16.6. The number of fused-ring (bicyclic) bond motifs is 2. The third-order valence-electron chi connectivity index (χ3n) is 7.32. The highest BCUT2D eigenvalue weighted by Gasteiger charge is 2.61. The van der Waals surface area contributed by atoms with E-state index in [2.05, 4.69) is 77.0 Å². The van der Waals surface area contributed by atoms with Gasteiger partial charge in [-0.25, -0.2) is 0 Å². The van der Waals surface area contributed by atoms with Gasteiger partial charge in [0.15, 0.2) is 0 Å². The standard InChI is InChI=1S/C13H21N.C13H20/c1-12(2,3)14-11-9-7-5-6-8-10-13(11,14)4;1-13(2,3)12-10-8-6-4-5-7-9-11(10)12/h11H,7-10H2,1-4H3;10-12H,6-9H2,1-3H3/t11-,13+,14?;10-,11+,12?/m1./s1. The first-order valence-electron chi connectivity index (χ1n) is 11.3. The minimum Gasteiger partial charge on any atom is -0.287 e. The van der Waals surface area contributed by atoms with Gasteiger partial charge < -0.3 is 0 Å². The van der Waals surface area contributed by atoms with Crippen molar-refractivity contribution in [3.63, 3.8) is 0 Å². The van der Waals surface area contributed by atoms with Gasteiger partial charge in [0.25, 0.3) is 0 Å². The highest BCUT2D eigenvalue weighted by Crippen LogP contribution is 2.60. The summed E-state index contributed by atoms with van der Waals surface area (Å²) in [7, 11) is 0. The van der Waals surface area contributed by atoms with E-state index in [1.165, 1.54) is 25.7 Å². The second kappa shape index (κ2) is 7.48. The Kier molecular flexibility index (Phi) is 5.77. The van der Waals surface area contributed by atoms with Gasteiger partial charge in [0.2, 0.25) is 0 Å². The summed E-state index contributed by atoms with van der Waals surface area (Å²) in [5.74, 6) is 16.1. The maximum Gasteiger partial charge on any atom is 0.0355 e. The van der Waals surface area contributed by atoms with Gasteiger partial charge in [0, 0.05) is 42.8 Å². The van der Waals surface area contributed by atoms with Crippen LogP contribution >= 0.6 is 0 Å².